The number of hydrogen-bond donors (Lipinski definition) is 1. The van der Waals surface area contributed by atoms with E-state index in [1.165, 1.54) is 39.9 Å². The minimum atomic E-state index is -4.73. The Hall–Kier alpha value is -2.78. The van der Waals surface area contributed by atoms with Gasteiger partial charge >= 0.3 is 12.1 Å². The number of ether oxygens (including phenoxy) is 1. The van der Waals surface area contributed by atoms with Crippen LogP contribution < -0.4 is 14.6 Å². The predicted molar refractivity (Wildman–Crippen MR) is 150 cm³/mol. The summed E-state index contributed by atoms with van der Waals surface area (Å²) in [5, 5.41) is 13.5. The van der Waals surface area contributed by atoms with Gasteiger partial charge in [0.25, 0.3) is 0 Å². The lowest BCUT2D eigenvalue weighted by Gasteiger charge is -2.45. The van der Waals surface area contributed by atoms with Gasteiger partial charge in [0.15, 0.2) is 21.5 Å². The van der Waals surface area contributed by atoms with Gasteiger partial charge in [0, 0.05) is 38.6 Å². The first-order chi connectivity index (χ1) is 18.9. The topological polar surface area (TPSA) is 103 Å². The van der Waals surface area contributed by atoms with E-state index in [-0.39, 0.29) is 54.8 Å². The van der Waals surface area contributed by atoms with Crippen molar-refractivity contribution in [1.29, 1.82) is 0 Å². The summed E-state index contributed by atoms with van der Waals surface area (Å²) in [6.07, 6.45) is -1.06. The molecule has 0 unspecified atom stereocenters. The molecule has 41 heavy (non-hydrogen) atoms. The van der Waals surface area contributed by atoms with Gasteiger partial charge < -0.3 is 14.7 Å². The maximum Gasteiger partial charge on any atom is 0.417 e. The number of sulfone groups is 1. The number of rotatable bonds is 10. The number of piperazine rings is 1. The van der Waals surface area contributed by atoms with Crippen molar-refractivity contribution in [1.82, 2.24) is 9.99 Å². The number of benzene rings is 1. The highest BCUT2D eigenvalue weighted by atomic mass is 32.2. The first kappa shape index (κ1) is 32.7. The Labute approximate surface area is 241 Å². The molecule has 228 valence electrons. The Bertz CT molecular complexity index is 1340. The van der Waals surface area contributed by atoms with Crippen LogP contribution in [0.2, 0.25) is 0 Å². The quantitative estimate of drug-likeness (QED) is 0.379. The Morgan fingerprint density at radius 1 is 1.17 bits per heavy atom. The van der Waals surface area contributed by atoms with E-state index in [9.17, 15) is 35.9 Å². The molecule has 15 heteroatoms. The lowest BCUT2D eigenvalue weighted by atomic mass is 10.1. The zero-order valence-electron chi connectivity index (χ0n) is 23.4. The maximum absolute atomic E-state index is 14.6. The molecule has 2 aromatic rings. The van der Waals surface area contributed by atoms with Crippen molar-refractivity contribution < 1.29 is 40.6 Å². The highest BCUT2D eigenvalue weighted by Crippen LogP contribution is 2.37. The summed E-state index contributed by atoms with van der Waals surface area (Å²) in [6, 6.07) is 3.57. The molecule has 0 saturated carbocycles. The monoisotopic (exact) mass is 622 g/mol. The van der Waals surface area contributed by atoms with Crippen LogP contribution in [0.1, 0.15) is 32.8 Å². The van der Waals surface area contributed by atoms with Gasteiger partial charge in [-0.25, -0.2) is 27.6 Å². The number of carboxylic acid groups (broad SMARTS) is 1. The molecular weight excluding hydrogens is 588 g/mol. The van der Waals surface area contributed by atoms with E-state index in [2.05, 4.69) is 4.98 Å². The number of carboxylic acids is 1. The van der Waals surface area contributed by atoms with E-state index in [1.807, 2.05) is 6.26 Å². The highest BCUT2D eigenvalue weighted by molar-refractivity contribution is 7.98. The summed E-state index contributed by atoms with van der Waals surface area (Å²) in [5.74, 6) is -1.72. The number of anilines is 2. The number of hydrazine groups is 1. The van der Waals surface area contributed by atoms with Gasteiger partial charge in [-0.1, -0.05) is 0 Å². The molecule has 1 N–H and O–H groups in total. The highest BCUT2D eigenvalue weighted by Gasteiger charge is 2.37. The molecule has 1 aliphatic heterocycles. The van der Waals surface area contributed by atoms with Gasteiger partial charge in [-0.2, -0.15) is 24.9 Å². The summed E-state index contributed by atoms with van der Waals surface area (Å²) < 4.78 is 84.6. The van der Waals surface area contributed by atoms with Gasteiger partial charge in [0.2, 0.25) is 0 Å². The molecule has 1 saturated heterocycles. The minimum absolute atomic E-state index is 0.0255. The number of hydrogen-bond acceptors (Lipinski definition) is 9. The number of aliphatic carboxylic acids is 1. The van der Waals surface area contributed by atoms with Crippen molar-refractivity contribution in [3.8, 4) is 5.75 Å². The predicted octanol–water partition coefficient (Wildman–Crippen LogP) is 4.57. The Balaban J connectivity index is 2.04. The standard InChI is InChI=1S/C26H34F4N4O5S2/c1-25(2,3)39-22-7-6-18(41(5,37)38)15-21(22)34(20(24(35)36)8-13-40-4)33-11-9-32(10-12-33)23-19(27)14-17(16-31-23)26(28,29)30/h6-7,14-16,20H,8-13H2,1-5H3,(H,35,36)/t20-/m0/s1. The summed E-state index contributed by atoms with van der Waals surface area (Å²) in [7, 11) is -3.67. The summed E-state index contributed by atoms with van der Waals surface area (Å²) >= 11 is 1.46. The zero-order chi connectivity index (χ0) is 30.8. The molecule has 1 aliphatic rings. The van der Waals surface area contributed by atoms with E-state index < -0.39 is 45.0 Å². The fraction of sp³-hybridized carbons (Fsp3) is 0.538. The maximum atomic E-state index is 14.6. The number of nitrogens with zero attached hydrogens (tertiary/aromatic N) is 4. The van der Waals surface area contributed by atoms with Crippen LogP contribution >= 0.6 is 11.8 Å². The van der Waals surface area contributed by atoms with Crippen molar-refractivity contribution in [3.05, 3.63) is 41.8 Å². The van der Waals surface area contributed by atoms with E-state index in [1.54, 1.807) is 25.8 Å². The molecule has 1 fully saturated rings. The van der Waals surface area contributed by atoms with E-state index in [4.69, 9.17) is 4.74 Å². The molecule has 0 spiro atoms. The van der Waals surface area contributed by atoms with Crippen LogP contribution in [0.25, 0.3) is 0 Å². The summed E-state index contributed by atoms with van der Waals surface area (Å²) in [6.45, 7) is 5.92. The number of carbonyl (C=O) groups is 1. The molecule has 0 amide bonds. The number of thioether (sulfide) groups is 1. The Morgan fingerprint density at radius 3 is 2.29 bits per heavy atom. The first-order valence-corrected chi connectivity index (χ1v) is 16.0. The smallest absolute Gasteiger partial charge is 0.417 e. The van der Waals surface area contributed by atoms with Crippen molar-refractivity contribution in [2.24, 2.45) is 0 Å². The fourth-order valence-corrected chi connectivity index (χ4v) is 5.46. The van der Waals surface area contributed by atoms with E-state index >= 15 is 0 Å². The second-order valence-electron chi connectivity index (χ2n) is 10.6. The average molecular weight is 623 g/mol. The van der Waals surface area contributed by atoms with Crippen molar-refractivity contribution in [3.63, 3.8) is 0 Å². The molecular formula is C26H34F4N4O5S2. The molecule has 1 atom stereocenters. The van der Waals surface area contributed by atoms with Gasteiger partial charge in [0.1, 0.15) is 17.4 Å². The van der Waals surface area contributed by atoms with E-state index in [0.29, 0.717) is 18.0 Å². The molecule has 2 heterocycles. The normalized spacial score (nSPS) is 16.0. The first-order valence-electron chi connectivity index (χ1n) is 12.7. The third-order valence-electron chi connectivity index (χ3n) is 6.21. The average Bonchev–Trinajstić information content (AvgIpc) is 2.85. The molecule has 9 nitrogen and oxygen atoms in total. The SMILES string of the molecule is CSCC[C@@H](C(=O)O)N(c1cc(S(C)(=O)=O)ccc1OC(C)(C)C)N1CCN(c2ncc(C(F)(F)F)cc2F)CC1. The van der Waals surface area contributed by atoms with Gasteiger partial charge in [0.05, 0.1) is 16.1 Å². The molecule has 0 bridgehead atoms. The third kappa shape index (κ3) is 8.38. The minimum Gasteiger partial charge on any atom is -0.486 e. The largest absolute Gasteiger partial charge is 0.486 e. The number of alkyl halides is 3. The zero-order valence-corrected chi connectivity index (χ0v) is 25.0. The van der Waals surface area contributed by atoms with Crippen LogP contribution in [0, 0.1) is 5.82 Å². The molecule has 1 aromatic heterocycles. The molecule has 0 radical (unpaired) electrons. The summed E-state index contributed by atoms with van der Waals surface area (Å²) in [4.78, 5) is 17.8. The van der Waals surface area contributed by atoms with Crippen LogP contribution in [0.3, 0.4) is 0 Å². The lowest BCUT2D eigenvalue weighted by molar-refractivity contribution is -0.140. The van der Waals surface area contributed by atoms with Crippen molar-refractivity contribution in [2.45, 2.75) is 49.9 Å². The number of pyridine rings is 1. The molecule has 1 aromatic carbocycles. The van der Waals surface area contributed by atoms with Gasteiger partial charge in [-0.3, -0.25) is 5.01 Å². The number of aromatic nitrogens is 1. The Morgan fingerprint density at radius 2 is 1.80 bits per heavy atom. The van der Waals surface area contributed by atoms with Crippen LogP contribution in [-0.2, 0) is 20.8 Å². The van der Waals surface area contributed by atoms with Crippen LogP contribution in [0.4, 0.5) is 29.1 Å². The molecule has 3 rings (SSSR count). The van der Waals surface area contributed by atoms with Crippen molar-refractivity contribution in [2.75, 3.05) is 54.4 Å². The van der Waals surface area contributed by atoms with Gasteiger partial charge in [-0.15, -0.1) is 0 Å². The molecule has 0 aliphatic carbocycles. The van der Waals surface area contributed by atoms with Crippen LogP contribution in [0.15, 0.2) is 35.4 Å². The van der Waals surface area contributed by atoms with E-state index in [0.717, 1.165) is 6.26 Å². The second kappa shape index (κ2) is 12.6. The second-order valence-corrected chi connectivity index (χ2v) is 13.6. The van der Waals surface area contributed by atoms with Crippen molar-refractivity contribution >= 4 is 39.1 Å². The fourth-order valence-electron chi connectivity index (χ4n) is 4.36. The van der Waals surface area contributed by atoms with Gasteiger partial charge in [-0.05, 0) is 63.5 Å². The van der Waals surface area contributed by atoms with Crippen LogP contribution in [-0.4, -0.2) is 85.6 Å². The lowest BCUT2D eigenvalue weighted by Crippen LogP contribution is -2.59. The van der Waals surface area contributed by atoms with Crippen LogP contribution in [0.5, 0.6) is 5.75 Å². The Kier molecular flexibility index (Phi) is 10.1. The number of halogens is 4. The summed E-state index contributed by atoms with van der Waals surface area (Å²) in [5.41, 5.74) is -1.66. The third-order valence-corrected chi connectivity index (χ3v) is 7.96.